The lowest BCUT2D eigenvalue weighted by atomic mass is 9.92. The average molecular weight is 308 g/mol. The molecule has 0 amide bonds. The van der Waals surface area contributed by atoms with Gasteiger partial charge in [-0.3, -0.25) is 0 Å². The van der Waals surface area contributed by atoms with Gasteiger partial charge in [-0.1, -0.05) is 42.5 Å². The van der Waals surface area contributed by atoms with Crippen molar-refractivity contribution in [1.82, 2.24) is 4.90 Å². The Hall–Kier alpha value is -1.01. The lowest BCUT2D eigenvalue weighted by Gasteiger charge is -2.36. The van der Waals surface area contributed by atoms with Crippen molar-refractivity contribution in [2.75, 3.05) is 33.4 Å². The maximum atomic E-state index is 10.6. The Morgan fingerprint density at radius 3 is 2.57 bits per heavy atom. The normalized spacial score (nSPS) is 19.4. The molecular formula is C16H24N2O2S. The van der Waals surface area contributed by atoms with Crippen LogP contribution in [0.1, 0.15) is 24.3 Å². The molecule has 1 unspecified atom stereocenters. The Labute approximate surface area is 131 Å². The summed E-state index contributed by atoms with van der Waals surface area (Å²) in [5.41, 5.74) is 6.36. The van der Waals surface area contributed by atoms with Gasteiger partial charge in [0.2, 0.25) is 0 Å². The van der Waals surface area contributed by atoms with E-state index < -0.39 is 5.60 Å². The molecule has 4 nitrogen and oxygen atoms in total. The van der Waals surface area contributed by atoms with E-state index in [0.717, 1.165) is 5.56 Å². The van der Waals surface area contributed by atoms with Crippen LogP contribution in [0.3, 0.4) is 0 Å². The SMILES string of the molecule is CN(CC(C(N)=S)c1ccccc1)CC1(O)CCOCC1. The molecule has 0 radical (unpaired) electrons. The summed E-state index contributed by atoms with van der Waals surface area (Å²) in [4.78, 5) is 2.61. The number of ether oxygens (including phenoxy) is 1. The van der Waals surface area contributed by atoms with Crippen molar-refractivity contribution in [2.24, 2.45) is 5.73 Å². The number of benzene rings is 1. The molecule has 3 N–H and O–H groups in total. The number of rotatable bonds is 6. The van der Waals surface area contributed by atoms with E-state index >= 15 is 0 Å². The first-order chi connectivity index (χ1) is 10.0. The van der Waals surface area contributed by atoms with Crippen LogP contribution in [0.4, 0.5) is 0 Å². The van der Waals surface area contributed by atoms with Gasteiger partial charge in [0.1, 0.15) is 0 Å². The number of likely N-dealkylation sites (N-methyl/N-ethyl adjacent to an activating group) is 1. The third kappa shape index (κ3) is 4.74. The predicted octanol–water partition coefficient (Wildman–Crippen LogP) is 1.53. The second-order valence-corrected chi connectivity index (χ2v) is 6.37. The largest absolute Gasteiger partial charge is 0.393 e. The molecule has 21 heavy (non-hydrogen) atoms. The van der Waals surface area contributed by atoms with Gasteiger partial charge in [-0.05, 0) is 12.6 Å². The van der Waals surface area contributed by atoms with Gasteiger partial charge in [0.05, 0.1) is 10.6 Å². The highest BCUT2D eigenvalue weighted by Gasteiger charge is 2.31. The summed E-state index contributed by atoms with van der Waals surface area (Å²) in [6, 6.07) is 10.1. The predicted molar refractivity (Wildman–Crippen MR) is 88.5 cm³/mol. The second kappa shape index (κ2) is 7.31. The van der Waals surface area contributed by atoms with Gasteiger partial charge < -0.3 is 20.5 Å². The van der Waals surface area contributed by atoms with Gasteiger partial charge in [0.15, 0.2) is 0 Å². The minimum absolute atomic E-state index is 0.00893. The Bertz CT molecular complexity index is 461. The summed E-state index contributed by atoms with van der Waals surface area (Å²) >= 11 is 5.22. The van der Waals surface area contributed by atoms with E-state index in [0.29, 0.717) is 44.1 Å². The number of thiocarbonyl (C=S) groups is 1. The summed E-state index contributed by atoms with van der Waals surface area (Å²) in [6.45, 7) is 2.58. The van der Waals surface area contributed by atoms with Crippen molar-refractivity contribution < 1.29 is 9.84 Å². The third-order valence-corrected chi connectivity index (χ3v) is 4.31. The number of nitrogens with zero attached hydrogens (tertiary/aromatic N) is 1. The van der Waals surface area contributed by atoms with Crippen LogP contribution in [0, 0.1) is 0 Å². The molecule has 116 valence electrons. The smallest absolute Gasteiger partial charge is 0.0817 e. The van der Waals surface area contributed by atoms with Gasteiger partial charge in [0, 0.05) is 45.1 Å². The van der Waals surface area contributed by atoms with E-state index in [4.69, 9.17) is 22.7 Å². The molecule has 1 aromatic carbocycles. The Morgan fingerprint density at radius 1 is 1.38 bits per heavy atom. The fraction of sp³-hybridized carbons (Fsp3) is 0.562. The molecule has 2 rings (SSSR count). The standard InChI is InChI=1S/C16H24N2O2S/c1-18(12-16(19)7-9-20-10-8-16)11-14(15(17)21)13-5-3-2-4-6-13/h2-6,14,19H,7-12H2,1H3,(H2,17,21). The average Bonchev–Trinajstić information content (AvgIpc) is 2.45. The Balaban J connectivity index is 1.98. The summed E-state index contributed by atoms with van der Waals surface area (Å²) < 4.78 is 5.32. The van der Waals surface area contributed by atoms with Crippen molar-refractivity contribution in [1.29, 1.82) is 0 Å². The molecule has 1 aliphatic rings. The monoisotopic (exact) mass is 308 g/mol. The van der Waals surface area contributed by atoms with Gasteiger partial charge >= 0.3 is 0 Å². The van der Waals surface area contributed by atoms with Crippen LogP contribution in [0.25, 0.3) is 0 Å². The maximum Gasteiger partial charge on any atom is 0.0817 e. The summed E-state index contributed by atoms with van der Waals surface area (Å²) in [5.74, 6) is 0.00893. The molecule has 0 aliphatic carbocycles. The molecule has 1 fully saturated rings. The molecule has 5 heteroatoms. The van der Waals surface area contributed by atoms with Crippen molar-refractivity contribution in [3.8, 4) is 0 Å². The highest BCUT2D eigenvalue weighted by molar-refractivity contribution is 7.80. The maximum absolute atomic E-state index is 10.6. The lowest BCUT2D eigenvalue weighted by Crippen LogP contribution is -2.47. The molecule has 0 bridgehead atoms. The van der Waals surface area contributed by atoms with Crippen LogP contribution >= 0.6 is 12.2 Å². The molecule has 1 heterocycles. The number of hydrogen-bond acceptors (Lipinski definition) is 4. The van der Waals surface area contributed by atoms with Crippen LogP contribution in [0.2, 0.25) is 0 Å². The molecular weight excluding hydrogens is 284 g/mol. The highest BCUT2D eigenvalue weighted by atomic mass is 32.1. The van der Waals surface area contributed by atoms with Crippen LogP contribution < -0.4 is 5.73 Å². The summed E-state index contributed by atoms with van der Waals surface area (Å²) in [5, 5.41) is 10.6. The molecule has 0 spiro atoms. The molecule has 0 saturated carbocycles. The van der Waals surface area contributed by atoms with E-state index in [9.17, 15) is 5.11 Å². The van der Waals surface area contributed by atoms with Gasteiger partial charge in [-0.15, -0.1) is 0 Å². The van der Waals surface area contributed by atoms with Crippen molar-refractivity contribution in [2.45, 2.75) is 24.4 Å². The van der Waals surface area contributed by atoms with E-state index in [1.165, 1.54) is 0 Å². The van der Waals surface area contributed by atoms with Crippen LogP contribution in [-0.2, 0) is 4.74 Å². The zero-order chi connectivity index (χ0) is 15.3. The first-order valence-electron chi connectivity index (χ1n) is 7.33. The Morgan fingerprint density at radius 2 is 2.00 bits per heavy atom. The summed E-state index contributed by atoms with van der Waals surface area (Å²) in [6.07, 6.45) is 1.36. The molecule has 1 aliphatic heterocycles. The zero-order valence-electron chi connectivity index (χ0n) is 12.5. The third-order valence-electron chi connectivity index (χ3n) is 4.03. The van der Waals surface area contributed by atoms with Crippen LogP contribution in [-0.4, -0.2) is 53.9 Å². The first kappa shape index (κ1) is 16.4. The quantitative estimate of drug-likeness (QED) is 0.781. The van der Waals surface area contributed by atoms with E-state index in [2.05, 4.69) is 4.90 Å². The fourth-order valence-electron chi connectivity index (χ4n) is 2.83. The molecule has 1 atom stereocenters. The van der Waals surface area contributed by atoms with Gasteiger partial charge in [-0.25, -0.2) is 0 Å². The minimum atomic E-state index is -0.662. The van der Waals surface area contributed by atoms with Crippen molar-refractivity contribution >= 4 is 17.2 Å². The number of aliphatic hydroxyl groups is 1. The number of nitrogens with two attached hydrogens (primary N) is 1. The minimum Gasteiger partial charge on any atom is -0.393 e. The van der Waals surface area contributed by atoms with Crippen LogP contribution in [0.15, 0.2) is 30.3 Å². The van der Waals surface area contributed by atoms with E-state index in [1.807, 2.05) is 37.4 Å². The fourth-order valence-corrected chi connectivity index (χ4v) is 3.04. The van der Waals surface area contributed by atoms with Gasteiger partial charge in [0.25, 0.3) is 0 Å². The van der Waals surface area contributed by atoms with Crippen molar-refractivity contribution in [3.63, 3.8) is 0 Å². The van der Waals surface area contributed by atoms with Crippen LogP contribution in [0.5, 0.6) is 0 Å². The van der Waals surface area contributed by atoms with Gasteiger partial charge in [-0.2, -0.15) is 0 Å². The highest BCUT2D eigenvalue weighted by Crippen LogP contribution is 2.23. The Kier molecular flexibility index (Phi) is 5.70. The topological polar surface area (TPSA) is 58.7 Å². The number of hydrogen-bond donors (Lipinski definition) is 2. The first-order valence-corrected chi connectivity index (χ1v) is 7.74. The molecule has 1 aromatic rings. The zero-order valence-corrected chi connectivity index (χ0v) is 13.3. The van der Waals surface area contributed by atoms with E-state index in [1.54, 1.807) is 0 Å². The van der Waals surface area contributed by atoms with Crippen molar-refractivity contribution in [3.05, 3.63) is 35.9 Å². The molecule has 0 aromatic heterocycles. The lowest BCUT2D eigenvalue weighted by molar-refractivity contribution is -0.0768. The summed E-state index contributed by atoms with van der Waals surface area (Å²) in [7, 11) is 2.00. The molecule has 1 saturated heterocycles. The van der Waals surface area contributed by atoms with E-state index in [-0.39, 0.29) is 5.92 Å². The second-order valence-electron chi connectivity index (χ2n) is 5.90.